The maximum Gasteiger partial charge on any atom is 0.230 e. The Morgan fingerprint density at radius 3 is 2.75 bits per heavy atom. The molecule has 0 spiro atoms. The molecule has 32 heavy (non-hydrogen) atoms. The van der Waals surface area contributed by atoms with Crippen LogP contribution in [0.25, 0.3) is 11.4 Å². The third-order valence-corrected chi connectivity index (χ3v) is 5.54. The zero-order chi connectivity index (χ0) is 22.3. The number of ether oxygens (including phenoxy) is 1. The summed E-state index contributed by atoms with van der Waals surface area (Å²) in [5, 5.41) is 19.5. The SMILES string of the molecule is CCOc1ccccc1-n1nnnc1SCC(=O)N[C@H](C)c1ccc(-n2cncn2)cc1. The van der Waals surface area contributed by atoms with Gasteiger partial charge in [0, 0.05) is 0 Å². The van der Waals surface area contributed by atoms with Gasteiger partial charge in [0.15, 0.2) is 0 Å². The Balaban J connectivity index is 1.36. The first-order valence-electron chi connectivity index (χ1n) is 10.0. The second kappa shape index (κ2) is 10.1. The third kappa shape index (κ3) is 4.94. The van der Waals surface area contributed by atoms with Crippen molar-refractivity contribution in [1.29, 1.82) is 0 Å². The zero-order valence-corrected chi connectivity index (χ0v) is 18.4. The molecule has 0 saturated carbocycles. The molecular weight excluding hydrogens is 428 g/mol. The van der Waals surface area contributed by atoms with Gasteiger partial charge in [-0.2, -0.15) is 9.78 Å². The lowest BCUT2D eigenvalue weighted by atomic mass is 10.1. The van der Waals surface area contributed by atoms with Gasteiger partial charge >= 0.3 is 0 Å². The van der Waals surface area contributed by atoms with Crippen LogP contribution in [0.2, 0.25) is 0 Å². The summed E-state index contributed by atoms with van der Waals surface area (Å²) in [7, 11) is 0. The fraction of sp³-hybridized carbons (Fsp3) is 0.238. The monoisotopic (exact) mass is 450 g/mol. The van der Waals surface area contributed by atoms with Crippen molar-refractivity contribution in [2.24, 2.45) is 0 Å². The number of thioether (sulfide) groups is 1. The molecule has 0 saturated heterocycles. The first-order valence-corrected chi connectivity index (χ1v) is 11.0. The van der Waals surface area contributed by atoms with Crippen molar-refractivity contribution >= 4 is 17.7 Å². The van der Waals surface area contributed by atoms with E-state index in [2.05, 4.69) is 30.9 Å². The Labute approximate surface area is 189 Å². The third-order valence-electron chi connectivity index (χ3n) is 4.62. The number of amides is 1. The van der Waals surface area contributed by atoms with Crippen LogP contribution in [0.3, 0.4) is 0 Å². The highest BCUT2D eigenvalue weighted by molar-refractivity contribution is 7.99. The largest absolute Gasteiger partial charge is 0.492 e. The fourth-order valence-corrected chi connectivity index (χ4v) is 3.78. The number of hydrogen-bond acceptors (Lipinski definition) is 8. The molecular formula is C21H22N8O2S. The van der Waals surface area contributed by atoms with Gasteiger partial charge in [-0.25, -0.2) is 9.67 Å². The molecule has 2 aromatic carbocycles. The van der Waals surface area contributed by atoms with Gasteiger partial charge in [0.1, 0.15) is 24.1 Å². The molecule has 0 radical (unpaired) electrons. The van der Waals surface area contributed by atoms with Crippen molar-refractivity contribution in [1.82, 2.24) is 40.3 Å². The van der Waals surface area contributed by atoms with E-state index < -0.39 is 0 Å². The summed E-state index contributed by atoms with van der Waals surface area (Å²) in [4.78, 5) is 16.5. The van der Waals surface area contributed by atoms with E-state index in [-0.39, 0.29) is 17.7 Å². The normalized spacial score (nSPS) is 11.8. The Bertz CT molecular complexity index is 1160. The standard InChI is InChI=1S/C21H22N8O2S/c1-3-31-19-7-5-4-6-18(19)29-21(25-26-27-29)32-12-20(30)24-15(2)16-8-10-17(11-9-16)28-14-22-13-23-28/h4-11,13-15H,3,12H2,1-2H3,(H,24,30)/t15-/m1/s1. The number of carbonyl (C=O) groups is 1. The summed E-state index contributed by atoms with van der Waals surface area (Å²) in [5.41, 5.74) is 2.62. The molecule has 11 heteroatoms. The molecule has 1 amide bonds. The molecule has 0 bridgehead atoms. The highest BCUT2D eigenvalue weighted by Crippen LogP contribution is 2.26. The Morgan fingerprint density at radius 2 is 2.00 bits per heavy atom. The molecule has 0 fully saturated rings. The van der Waals surface area contributed by atoms with Crippen LogP contribution < -0.4 is 10.1 Å². The second-order valence-corrected chi connectivity index (χ2v) is 7.73. The molecule has 164 valence electrons. The second-order valence-electron chi connectivity index (χ2n) is 6.78. The molecule has 0 aliphatic heterocycles. The lowest BCUT2D eigenvalue weighted by molar-refractivity contribution is -0.119. The van der Waals surface area contributed by atoms with Crippen LogP contribution in [0.1, 0.15) is 25.5 Å². The van der Waals surface area contributed by atoms with Crippen LogP contribution >= 0.6 is 11.8 Å². The molecule has 2 heterocycles. The molecule has 4 aromatic rings. The maximum absolute atomic E-state index is 12.5. The van der Waals surface area contributed by atoms with E-state index in [4.69, 9.17) is 4.74 Å². The summed E-state index contributed by atoms with van der Waals surface area (Å²) in [6.45, 7) is 4.39. The maximum atomic E-state index is 12.5. The van der Waals surface area contributed by atoms with Crippen molar-refractivity contribution in [2.75, 3.05) is 12.4 Å². The van der Waals surface area contributed by atoms with Gasteiger partial charge in [-0.3, -0.25) is 4.79 Å². The van der Waals surface area contributed by atoms with Crippen LogP contribution in [0.15, 0.2) is 66.3 Å². The van der Waals surface area contributed by atoms with E-state index in [1.165, 1.54) is 18.1 Å². The van der Waals surface area contributed by atoms with Crippen molar-refractivity contribution in [3.05, 3.63) is 66.7 Å². The van der Waals surface area contributed by atoms with Crippen molar-refractivity contribution in [3.63, 3.8) is 0 Å². The number of nitrogens with zero attached hydrogens (tertiary/aromatic N) is 7. The van der Waals surface area contributed by atoms with E-state index in [1.54, 1.807) is 15.7 Å². The van der Waals surface area contributed by atoms with Gasteiger partial charge in [-0.1, -0.05) is 36.0 Å². The lowest BCUT2D eigenvalue weighted by Crippen LogP contribution is -2.28. The number of benzene rings is 2. The van der Waals surface area contributed by atoms with Crippen LogP contribution in [0.5, 0.6) is 5.75 Å². The Hall–Kier alpha value is -3.73. The minimum atomic E-state index is -0.150. The molecule has 4 rings (SSSR count). The first kappa shape index (κ1) is 21.5. The first-order chi connectivity index (χ1) is 15.7. The quantitative estimate of drug-likeness (QED) is 0.387. The number of aromatic nitrogens is 7. The van der Waals surface area contributed by atoms with Crippen LogP contribution in [-0.2, 0) is 4.79 Å². The van der Waals surface area contributed by atoms with Crippen molar-refractivity contribution in [3.8, 4) is 17.1 Å². The van der Waals surface area contributed by atoms with Gasteiger partial charge in [-0.15, -0.1) is 5.10 Å². The summed E-state index contributed by atoms with van der Waals surface area (Å²) >= 11 is 1.26. The van der Waals surface area contributed by atoms with Gasteiger partial charge in [-0.05, 0) is 54.1 Å². The van der Waals surface area contributed by atoms with Gasteiger partial charge in [0.25, 0.3) is 0 Å². The van der Waals surface area contributed by atoms with E-state index in [9.17, 15) is 4.79 Å². The predicted molar refractivity (Wildman–Crippen MR) is 119 cm³/mol. The molecule has 2 aromatic heterocycles. The Kier molecular flexibility index (Phi) is 6.75. The summed E-state index contributed by atoms with van der Waals surface area (Å²) in [5.74, 6) is 0.741. The van der Waals surface area contributed by atoms with Gasteiger partial charge in [0.2, 0.25) is 11.1 Å². The zero-order valence-electron chi connectivity index (χ0n) is 17.6. The molecule has 1 N–H and O–H groups in total. The van der Waals surface area contributed by atoms with Gasteiger partial charge < -0.3 is 10.1 Å². The molecule has 10 nitrogen and oxygen atoms in total. The summed E-state index contributed by atoms with van der Waals surface area (Å²) in [6, 6.07) is 15.1. The van der Waals surface area contributed by atoms with Crippen LogP contribution in [-0.4, -0.2) is 53.2 Å². The number of tetrazole rings is 1. The molecule has 0 unspecified atom stereocenters. The number of nitrogens with one attached hydrogen (secondary N) is 1. The molecule has 0 aliphatic carbocycles. The van der Waals surface area contributed by atoms with E-state index in [1.807, 2.05) is 62.4 Å². The van der Waals surface area contributed by atoms with Crippen LogP contribution in [0.4, 0.5) is 0 Å². The van der Waals surface area contributed by atoms with E-state index >= 15 is 0 Å². The highest BCUT2D eigenvalue weighted by atomic mass is 32.2. The van der Waals surface area contributed by atoms with Gasteiger partial charge in [0.05, 0.1) is 24.1 Å². The minimum absolute atomic E-state index is 0.115. The average Bonchev–Trinajstić information content (AvgIpc) is 3.51. The lowest BCUT2D eigenvalue weighted by Gasteiger charge is -2.15. The van der Waals surface area contributed by atoms with E-state index in [0.29, 0.717) is 17.5 Å². The number of hydrogen-bond donors (Lipinski definition) is 1. The predicted octanol–water partition coefficient (Wildman–Crippen LogP) is 2.61. The summed E-state index contributed by atoms with van der Waals surface area (Å²) in [6.07, 6.45) is 3.12. The van der Waals surface area contributed by atoms with Crippen molar-refractivity contribution < 1.29 is 9.53 Å². The Morgan fingerprint density at radius 1 is 1.19 bits per heavy atom. The highest BCUT2D eigenvalue weighted by Gasteiger charge is 2.16. The summed E-state index contributed by atoms with van der Waals surface area (Å²) < 4.78 is 8.92. The molecule has 0 aliphatic rings. The number of rotatable bonds is 9. The van der Waals surface area contributed by atoms with Crippen molar-refractivity contribution in [2.45, 2.75) is 25.0 Å². The fourth-order valence-electron chi connectivity index (χ4n) is 3.08. The molecule has 1 atom stereocenters. The smallest absolute Gasteiger partial charge is 0.230 e. The number of carbonyl (C=O) groups excluding carboxylic acids is 1. The average molecular weight is 451 g/mol. The van der Waals surface area contributed by atoms with Crippen LogP contribution in [0, 0.1) is 0 Å². The number of para-hydroxylation sites is 2. The topological polar surface area (TPSA) is 113 Å². The minimum Gasteiger partial charge on any atom is -0.492 e. The van der Waals surface area contributed by atoms with E-state index in [0.717, 1.165) is 16.9 Å².